The average Bonchev–Trinajstić information content (AvgIpc) is 2.76. The van der Waals surface area contributed by atoms with Crippen molar-refractivity contribution in [3.05, 3.63) is 56.7 Å². The van der Waals surface area contributed by atoms with Gasteiger partial charge in [0.25, 0.3) is 5.91 Å². The zero-order valence-corrected chi connectivity index (χ0v) is 11.7. The highest BCUT2D eigenvalue weighted by atomic mass is 79.9. The molecule has 0 fully saturated rings. The molecule has 1 N–H and O–H groups in total. The molecule has 2 nitrogen and oxygen atoms in total. The van der Waals surface area contributed by atoms with Crippen LogP contribution in [0.2, 0.25) is 0 Å². The van der Waals surface area contributed by atoms with Crippen LogP contribution in [0.3, 0.4) is 0 Å². The number of amides is 1. The maximum atomic E-state index is 12.0. The molecule has 17 heavy (non-hydrogen) atoms. The third-order valence-corrected chi connectivity index (χ3v) is 4.31. The van der Waals surface area contributed by atoms with Crippen molar-refractivity contribution in [2.45, 2.75) is 13.0 Å². The predicted octanol–water partition coefficient (Wildman–Crippen LogP) is 4.00. The Bertz CT molecular complexity index is 509. The van der Waals surface area contributed by atoms with Crippen LogP contribution in [0.4, 0.5) is 0 Å². The Morgan fingerprint density at radius 1 is 1.29 bits per heavy atom. The van der Waals surface area contributed by atoms with E-state index in [4.69, 9.17) is 0 Å². The Morgan fingerprint density at radius 3 is 2.59 bits per heavy atom. The number of benzene rings is 1. The maximum absolute atomic E-state index is 12.0. The molecule has 2 aromatic rings. The fourth-order valence-electron chi connectivity index (χ4n) is 1.54. The van der Waals surface area contributed by atoms with Crippen LogP contribution < -0.4 is 5.32 Å². The minimum atomic E-state index is -0.0387. The molecule has 0 radical (unpaired) electrons. The van der Waals surface area contributed by atoms with Crippen LogP contribution in [0.1, 0.15) is 28.2 Å². The van der Waals surface area contributed by atoms with E-state index in [1.807, 2.05) is 48.7 Å². The molecule has 0 aliphatic heterocycles. The van der Waals surface area contributed by atoms with Gasteiger partial charge in [0, 0.05) is 4.47 Å². The molecule has 1 aromatic carbocycles. The predicted molar refractivity (Wildman–Crippen MR) is 74.3 cm³/mol. The summed E-state index contributed by atoms with van der Waals surface area (Å²) in [7, 11) is 0. The van der Waals surface area contributed by atoms with Crippen molar-refractivity contribution in [1.29, 1.82) is 0 Å². The molecule has 1 heterocycles. The third-order valence-electron chi connectivity index (χ3n) is 2.47. The fraction of sp³-hybridized carbons (Fsp3) is 0.154. The van der Waals surface area contributed by atoms with Crippen LogP contribution in [0.15, 0.2) is 46.3 Å². The van der Waals surface area contributed by atoms with E-state index in [-0.39, 0.29) is 11.9 Å². The summed E-state index contributed by atoms with van der Waals surface area (Å²) < 4.78 is 0.847. The first kappa shape index (κ1) is 12.3. The van der Waals surface area contributed by atoms with E-state index in [9.17, 15) is 4.79 Å². The third kappa shape index (κ3) is 2.96. The molecule has 0 saturated carbocycles. The summed E-state index contributed by atoms with van der Waals surface area (Å²) >= 11 is 4.80. The monoisotopic (exact) mass is 309 g/mol. The molecular formula is C13H12BrNOS. The first-order valence-electron chi connectivity index (χ1n) is 5.27. The highest BCUT2D eigenvalue weighted by molar-refractivity contribution is 9.10. The van der Waals surface area contributed by atoms with Gasteiger partial charge in [-0.1, -0.05) is 30.3 Å². The number of rotatable bonds is 3. The Balaban J connectivity index is 2.08. The number of nitrogens with one attached hydrogen (secondary N) is 1. The normalized spacial score (nSPS) is 12.1. The minimum absolute atomic E-state index is 0.0118. The maximum Gasteiger partial charge on any atom is 0.262 e. The van der Waals surface area contributed by atoms with E-state index in [0.29, 0.717) is 4.88 Å². The minimum Gasteiger partial charge on any atom is -0.345 e. The van der Waals surface area contributed by atoms with Gasteiger partial charge in [-0.2, -0.15) is 0 Å². The van der Waals surface area contributed by atoms with E-state index < -0.39 is 0 Å². The summed E-state index contributed by atoms with van der Waals surface area (Å²) in [5, 5.41) is 4.88. The van der Waals surface area contributed by atoms with Crippen LogP contribution in [0.5, 0.6) is 0 Å². The fourth-order valence-corrected chi connectivity index (χ4v) is 3.00. The highest BCUT2D eigenvalue weighted by Gasteiger charge is 2.14. The van der Waals surface area contributed by atoms with Crippen LogP contribution in [-0.2, 0) is 0 Å². The number of hydrogen-bond donors (Lipinski definition) is 1. The first-order valence-corrected chi connectivity index (χ1v) is 6.94. The molecule has 0 saturated heterocycles. The second kappa shape index (κ2) is 5.47. The highest BCUT2D eigenvalue weighted by Crippen LogP contribution is 2.23. The SMILES string of the molecule is CC(NC(=O)c1sccc1Br)c1ccccc1. The molecule has 0 aliphatic carbocycles. The van der Waals surface area contributed by atoms with Crippen LogP contribution in [0, 0.1) is 0 Å². The second-order valence-corrected chi connectivity index (χ2v) is 5.47. The van der Waals surface area contributed by atoms with Crippen LogP contribution in [0.25, 0.3) is 0 Å². The van der Waals surface area contributed by atoms with Crippen molar-refractivity contribution < 1.29 is 4.79 Å². The summed E-state index contributed by atoms with van der Waals surface area (Å²) in [6.07, 6.45) is 0. The van der Waals surface area contributed by atoms with Gasteiger partial charge in [-0.25, -0.2) is 0 Å². The van der Waals surface area contributed by atoms with E-state index >= 15 is 0 Å². The molecule has 0 spiro atoms. The molecule has 88 valence electrons. The Morgan fingerprint density at radius 2 is 2.00 bits per heavy atom. The molecule has 1 aromatic heterocycles. The lowest BCUT2D eigenvalue weighted by Gasteiger charge is -2.13. The molecule has 0 bridgehead atoms. The lowest BCUT2D eigenvalue weighted by Crippen LogP contribution is -2.26. The lowest BCUT2D eigenvalue weighted by atomic mass is 10.1. The van der Waals surface area contributed by atoms with Crippen molar-refractivity contribution in [2.75, 3.05) is 0 Å². The number of halogens is 1. The van der Waals surface area contributed by atoms with Crippen molar-refractivity contribution in [3.8, 4) is 0 Å². The number of carbonyl (C=O) groups is 1. The number of hydrogen-bond acceptors (Lipinski definition) is 2. The van der Waals surface area contributed by atoms with Gasteiger partial charge in [-0.05, 0) is 39.9 Å². The number of carbonyl (C=O) groups excluding carboxylic acids is 1. The summed E-state index contributed by atoms with van der Waals surface area (Å²) in [6, 6.07) is 11.8. The van der Waals surface area contributed by atoms with E-state index in [0.717, 1.165) is 10.0 Å². The standard InChI is InChI=1S/C13H12BrNOS/c1-9(10-5-3-2-4-6-10)15-13(16)12-11(14)7-8-17-12/h2-9H,1H3,(H,15,16). The van der Waals surface area contributed by atoms with Gasteiger partial charge >= 0.3 is 0 Å². The molecule has 1 unspecified atom stereocenters. The molecule has 2 rings (SSSR count). The van der Waals surface area contributed by atoms with Crippen molar-refractivity contribution in [1.82, 2.24) is 5.32 Å². The molecule has 1 amide bonds. The second-order valence-electron chi connectivity index (χ2n) is 3.70. The smallest absolute Gasteiger partial charge is 0.262 e. The molecule has 0 aliphatic rings. The van der Waals surface area contributed by atoms with Gasteiger partial charge in [0.15, 0.2) is 0 Å². The van der Waals surface area contributed by atoms with Crippen molar-refractivity contribution >= 4 is 33.2 Å². The molecule has 1 atom stereocenters. The largest absolute Gasteiger partial charge is 0.345 e. The molecule has 4 heteroatoms. The van der Waals surface area contributed by atoms with Gasteiger partial charge < -0.3 is 5.32 Å². The number of thiophene rings is 1. The quantitative estimate of drug-likeness (QED) is 0.912. The summed E-state index contributed by atoms with van der Waals surface area (Å²) in [5.74, 6) is -0.0387. The van der Waals surface area contributed by atoms with Gasteiger partial charge in [0.2, 0.25) is 0 Å². The van der Waals surface area contributed by atoms with Gasteiger partial charge in [0.05, 0.1) is 6.04 Å². The van der Waals surface area contributed by atoms with E-state index in [2.05, 4.69) is 21.2 Å². The van der Waals surface area contributed by atoms with Crippen LogP contribution in [-0.4, -0.2) is 5.91 Å². The van der Waals surface area contributed by atoms with Crippen molar-refractivity contribution in [2.24, 2.45) is 0 Å². The van der Waals surface area contributed by atoms with E-state index in [1.165, 1.54) is 11.3 Å². The summed E-state index contributed by atoms with van der Waals surface area (Å²) in [5.41, 5.74) is 1.11. The van der Waals surface area contributed by atoms with E-state index in [1.54, 1.807) is 0 Å². The summed E-state index contributed by atoms with van der Waals surface area (Å²) in [4.78, 5) is 12.7. The average molecular weight is 310 g/mol. The zero-order valence-electron chi connectivity index (χ0n) is 9.31. The summed E-state index contributed by atoms with van der Waals surface area (Å²) in [6.45, 7) is 1.98. The Labute approximate surface area is 113 Å². The lowest BCUT2D eigenvalue weighted by molar-refractivity contribution is 0.0943. The van der Waals surface area contributed by atoms with Crippen LogP contribution >= 0.6 is 27.3 Å². The topological polar surface area (TPSA) is 29.1 Å². The van der Waals surface area contributed by atoms with Gasteiger partial charge in [0.1, 0.15) is 4.88 Å². The Kier molecular flexibility index (Phi) is 3.97. The Hall–Kier alpha value is -1.13. The molecular weight excluding hydrogens is 298 g/mol. The van der Waals surface area contributed by atoms with Crippen molar-refractivity contribution in [3.63, 3.8) is 0 Å². The first-order chi connectivity index (χ1) is 8.18. The van der Waals surface area contributed by atoms with Gasteiger partial charge in [-0.3, -0.25) is 4.79 Å². The zero-order chi connectivity index (χ0) is 12.3. The van der Waals surface area contributed by atoms with Gasteiger partial charge in [-0.15, -0.1) is 11.3 Å².